The summed E-state index contributed by atoms with van der Waals surface area (Å²) in [6.45, 7) is 4.93. The minimum Gasteiger partial charge on any atom is -0.493 e. The summed E-state index contributed by atoms with van der Waals surface area (Å²) < 4.78 is 12.1. The number of aryl methyl sites for hydroxylation is 3. The van der Waals surface area contributed by atoms with Crippen LogP contribution in [0.4, 0.5) is 0 Å². The second kappa shape index (κ2) is 14.5. The fraction of sp³-hybridized carbons (Fsp3) is 0.306. The van der Waals surface area contributed by atoms with Gasteiger partial charge in [-0.15, -0.1) is 23.5 Å². The highest BCUT2D eigenvalue weighted by atomic mass is 35.5. The molecule has 1 aliphatic heterocycles. The van der Waals surface area contributed by atoms with Crippen molar-refractivity contribution in [3.05, 3.63) is 105 Å². The van der Waals surface area contributed by atoms with E-state index in [0.717, 1.165) is 72.5 Å². The molecule has 1 N–H and O–H groups in total. The maximum Gasteiger partial charge on any atom is 0.352 e. The number of rotatable bonds is 2. The molecule has 5 aromatic rings. The predicted molar refractivity (Wildman–Crippen MR) is 193 cm³/mol. The van der Waals surface area contributed by atoms with Crippen LogP contribution in [0.3, 0.4) is 0 Å². The van der Waals surface area contributed by atoms with Crippen LogP contribution >= 0.6 is 35.1 Å². The van der Waals surface area contributed by atoms with Gasteiger partial charge in [0.15, 0.2) is 0 Å². The molecule has 1 aliphatic rings. The number of carbonyl (C=O) groups is 1. The van der Waals surface area contributed by atoms with Crippen LogP contribution in [0.25, 0.3) is 22.9 Å². The summed E-state index contributed by atoms with van der Waals surface area (Å²) >= 11 is 10.3. The molecule has 4 heterocycles. The number of benzene rings is 2. The normalized spacial score (nSPS) is 15.8. The standard InChI is InChI=1S/C36H38ClN5O3S2/c1-5-24-15-28-12-11-26(37)17-32-23(2)40(3)39-33(32)22-46-20-27-18-29(41(4)38-27)21-47-30-16-25-9-6-7-10-31(25)34(19-30)45-14-8-13-42(28)35(24)36(43)44/h6-7,9-12,15-19H,5,8,13-14,20-22H2,1-4H3,(H,43,44)/b12-11?,26-17-. The van der Waals surface area contributed by atoms with E-state index in [2.05, 4.69) is 30.3 Å². The van der Waals surface area contributed by atoms with Crippen LogP contribution in [0.2, 0.25) is 0 Å². The fourth-order valence-corrected chi connectivity index (χ4v) is 7.93. The van der Waals surface area contributed by atoms with Crippen LogP contribution in [0.1, 0.15) is 63.4 Å². The quantitative estimate of drug-likeness (QED) is 0.199. The first kappa shape index (κ1) is 33.1. The first-order chi connectivity index (χ1) is 22.7. The molecule has 47 heavy (non-hydrogen) atoms. The third-order valence-electron chi connectivity index (χ3n) is 8.43. The molecule has 2 aromatic carbocycles. The summed E-state index contributed by atoms with van der Waals surface area (Å²) in [7, 11) is 3.94. The number of carboxylic acids is 1. The van der Waals surface area contributed by atoms with Crippen molar-refractivity contribution in [2.75, 3.05) is 6.61 Å². The van der Waals surface area contributed by atoms with Crippen molar-refractivity contribution in [3.8, 4) is 5.75 Å². The van der Waals surface area contributed by atoms with Gasteiger partial charge >= 0.3 is 5.97 Å². The number of ether oxygens (including phenoxy) is 1. The van der Waals surface area contributed by atoms with E-state index < -0.39 is 5.97 Å². The van der Waals surface area contributed by atoms with E-state index in [9.17, 15) is 9.90 Å². The fourth-order valence-electron chi connectivity index (χ4n) is 5.91. The van der Waals surface area contributed by atoms with Crippen LogP contribution in [-0.4, -0.2) is 41.8 Å². The minimum absolute atomic E-state index is 0.308. The molecule has 0 radical (unpaired) electrons. The highest BCUT2D eigenvalue weighted by Gasteiger charge is 2.19. The van der Waals surface area contributed by atoms with Crippen molar-refractivity contribution in [2.45, 2.75) is 55.4 Å². The first-order valence-electron chi connectivity index (χ1n) is 15.6. The number of hydrogen-bond acceptors (Lipinski definition) is 6. The second-order valence-corrected chi connectivity index (χ2v) is 14.0. The van der Waals surface area contributed by atoms with Gasteiger partial charge in [-0.25, -0.2) is 4.79 Å². The zero-order valence-corrected chi connectivity index (χ0v) is 29.4. The lowest BCUT2D eigenvalue weighted by Crippen LogP contribution is -2.13. The number of thioether (sulfide) groups is 2. The predicted octanol–water partition coefficient (Wildman–Crippen LogP) is 8.48. The Morgan fingerprint density at radius 2 is 1.87 bits per heavy atom. The number of nitrogens with zero attached hydrogens (tertiary/aromatic N) is 5. The average molecular weight is 688 g/mol. The molecule has 0 spiro atoms. The Labute approximate surface area is 288 Å². The van der Waals surface area contributed by atoms with Crippen LogP contribution in [-0.2, 0) is 44.3 Å². The monoisotopic (exact) mass is 687 g/mol. The number of carboxylic acid groups (broad SMARTS) is 1. The van der Waals surface area contributed by atoms with Crippen LogP contribution in [0, 0.1) is 6.92 Å². The lowest BCUT2D eigenvalue weighted by Gasteiger charge is -2.14. The summed E-state index contributed by atoms with van der Waals surface area (Å²) in [4.78, 5) is 13.5. The molecule has 244 valence electrons. The number of hydrogen-bond donors (Lipinski definition) is 1. The van der Waals surface area contributed by atoms with Gasteiger partial charge in [0.2, 0.25) is 0 Å². The second-order valence-electron chi connectivity index (χ2n) is 11.6. The van der Waals surface area contributed by atoms with Gasteiger partial charge in [-0.3, -0.25) is 9.36 Å². The topological polar surface area (TPSA) is 87.1 Å². The van der Waals surface area contributed by atoms with E-state index in [1.165, 1.54) is 0 Å². The zero-order chi connectivity index (χ0) is 33.1. The molecule has 0 saturated heterocycles. The Hall–Kier alpha value is -3.86. The number of aromatic carboxylic acids is 1. The van der Waals surface area contributed by atoms with Crippen molar-refractivity contribution in [3.63, 3.8) is 0 Å². The third kappa shape index (κ3) is 7.35. The number of halogens is 1. The van der Waals surface area contributed by atoms with Crippen molar-refractivity contribution in [2.24, 2.45) is 14.1 Å². The Kier molecular flexibility index (Phi) is 10.2. The molecule has 0 amide bonds. The van der Waals surface area contributed by atoms with Gasteiger partial charge in [-0.05, 0) is 73.2 Å². The minimum atomic E-state index is -0.939. The van der Waals surface area contributed by atoms with Gasteiger partial charge in [-0.1, -0.05) is 42.8 Å². The van der Waals surface area contributed by atoms with E-state index in [-0.39, 0.29) is 0 Å². The summed E-state index contributed by atoms with van der Waals surface area (Å²) in [6, 6.07) is 16.7. The summed E-state index contributed by atoms with van der Waals surface area (Å²) in [5.41, 5.74) is 7.06. The van der Waals surface area contributed by atoms with Gasteiger partial charge in [0, 0.05) is 75.9 Å². The zero-order valence-electron chi connectivity index (χ0n) is 27.0. The van der Waals surface area contributed by atoms with Gasteiger partial charge in [0.1, 0.15) is 11.4 Å². The molecular formula is C36H38ClN5O3S2. The SMILES string of the molecule is CCc1cc2n(c1C(=O)O)CCCOc1cc(cc3ccccc13)SCc1cc(nn1C)CSCc1nn(C)c(C)c1/C=C(\Cl)C=C2. The summed E-state index contributed by atoms with van der Waals surface area (Å²) in [5.74, 6) is 2.14. The summed E-state index contributed by atoms with van der Waals surface area (Å²) in [5, 5.41) is 22.4. The molecule has 0 fully saturated rings. The number of aromatic nitrogens is 5. The lowest BCUT2D eigenvalue weighted by molar-refractivity contribution is 0.0683. The van der Waals surface area contributed by atoms with Crippen molar-refractivity contribution in [1.82, 2.24) is 24.1 Å². The molecule has 6 rings (SSSR count). The Bertz CT molecular complexity index is 2000. The molecule has 0 saturated carbocycles. The molecule has 8 nitrogen and oxygen atoms in total. The molecule has 4 bridgehead atoms. The molecule has 11 heteroatoms. The van der Waals surface area contributed by atoms with Crippen molar-refractivity contribution < 1.29 is 14.6 Å². The molecular weight excluding hydrogens is 650 g/mol. The van der Waals surface area contributed by atoms with Crippen LogP contribution < -0.4 is 4.74 Å². The van der Waals surface area contributed by atoms with Gasteiger partial charge < -0.3 is 14.4 Å². The van der Waals surface area contributed by atoms with Gasteiger partial charge in [0.05, 0.1) is 18.0 Å². The smallest absolute Gasteiger partial charge is 0.352 e. The highest BCUT2D eigenvalue weighted by molar-refractivity contribution is 7.98. The van der Waals surface area contributed by atoms with E-state index >= 15 is 0 Å². The Balaban J connectivity index is 1.37. The van der Waals surface area contributed by atoms with E-state index in [0.29, 0.717) is 42.5 Å². The molecule has 3 aromatic heterocycles. The molecule has 0 unspecified atom stereocenters. The number of fused-ring (bicyclic) bond motifs is 8. The van der Waals surface area contributed by atoms with E-state index in [1.807, 2.05) is 78.3 Å². The van der Waals surface area contributed by atoms with Crippen molar-refractivity contribution in [1.29, 1.82) is 0 Å². The van der Waals surface area contributed by atoms with E-state index in [1.54, 1.807) is 23.5 Å². The average Bonchev–Trinajstić information content (AvgIpc) is 3.68. The van der Waals surface area contributed by atoms with Gasteiger partial charge in [0.25, 0.3) is 0 Å². The highest BCUT2D eigenvalue weighted by Crippen LogP contribution is 2.34. The Morgan fingerprint density at radius 3 is 2.68 bits per heavy atom. The molecule has 0 aliphatic carbocycles. The lowest BCUT2D eigenvalue weighted by atomic mass is 10.1. The Morgan fingerprint density at radius 1 is 1.04 bits per heavy atom. The number of allylic oxidation sites excluding steroid dienone is 2. The first-order valence-corrected chi connectivity index (χ1v) is 18.1. The third-order valence-corrected chi connectivity index (χ3v) is 10.6. The van der Waals surface area contributed by atoms with Gasteiger partial charge in [-0.2, -0.15) is 10.2 Å². The molecule has 0 atom stereocenters. The maximum atomic E-state index is 12.4. The van der Waals surface area contributed by atoms with Crippen molar-refractivity contribution >= 4 is 64.0 Å². The summed E-state index contributed by atoms with van der Waals surface area (Å²) in [6.07, 6.45) is 6.91. The van der Waals surface area contributed by atoms with E-state index in [4.69, 9.17) is 26.5 Å². The maximum absolute atomic E-state index is 12.4. The van der Waals surface area contributed by atoms with Crippen LogP contribution in [0.5, 0.6) is 5.75 Å². The van der Waals surface area contributed by atoms with Crippen LogP contribution in [0.15, 0.2) is 64.5 Å². The largest absolute Gasteiger partial charge is 0.493 e.